The number of fused-ring (bicyclic) bond motifs is 1. The Labute approximate surface area is 166 Å². The molecule has 0 aliphatic carbocycles. The molecule has 2 fully saturated rings. The smallest absolute Gasteiger partial charge is 0.163 e. The van der Waals surface area contributed by atoms with Gasteiger partial charge in [0, 0.05) is 63.3 Å². The lowest BCUT2D eigenvalue weighted by molar-refractivity contribution is 0.274. The number of benzene rings is 1. The molecule has 2 aliphatic heterocycles. The van der Waals surface area contributed by atoms with Gasteiger partial charge in [0.05, 0.1) is 19.2 Å². The molecule has 4 rings (SSSR count). The molecule has 8 heteroatoms. The number of nitrogens with zero attached hydrogens (tertiary/aromatic N) is 3. The zero-order valence-electron chi connectivity index (χ0n) is 16.5. The molecule has 0 radical (unpaired) electrons. The van der Waals surface area contributed by atoms with Gasteiger partial charge in [-0.15, -0.1) is 0 Å². The van der Waals surface area contributed by atoms with Gasteiger partial charge in [0.25, 0.3) is 0 Å². The molecule has 2 saturated heterocycles. The number of methoxy groups -OCH3 is 1. The number of hydrogen-bond donors (Lipinski definition) is 3. The summed E-state index contributed by atoms with van der Waals surface area (Å²) >= 11 is 0. The van der Waals surface area contributed by atoms with Gasteiger partial charge in [-0.1, -0.05) is 0 Å². The normalized spacial score (nSPS) is 20.3. The highest BCUT2D eigenvalue weighted by molar-refractivity contribution is 5.92. The molecule has 3 heterocycles. The Kier molecular flexibility index (Phi) is 6.41. The van der Waals surface area contributed by atoms with Crippen LogP contribution in [0.3, 0.4) is 0 Å². The Bertz CT molecular complexity index is 775. The fourth-order valence-corrected chi connectivity index (χ4v) is 3.88. The molecular weight excluding hydrogens is 356 g/mol. The molecule has 0 bridgehead atoms. The maximum Gasteiger partial charge on any atom is 0.163 e. The number of nitrogens with one attached hydrogen (secondary N) is 3. The zero-order chi connectivity index (χ0) is 19.2. The summed E-state index contributed by atoms with van der Waals surface area (Å²) in [5.41, 5.74) is 0.887. The first-order valence-electron chi connectivity index (χ1n) is 10.2. The Morgan fingerprint density at radius 2 is 1.96 bits per heavy atom. The summed E-state index contributed by atoms with van der Waals surface area (Å²) in [5.74, 6) is 2.44. The standard InChI is InChI=1S/C20H30N6O2/c1-27-18-11-16-17(24-14-25-20(16)26-8-6-21-7-9-26)12-19(18)28-10-2-3-15-13-22-4-5-23-15/h11-12,14-15,21-23H,2-10,13H2,1H3. The van der Waals surface area contributed by atoms with Gasteiger partial charge in [0.15, 0.2) is 11.5 Å². The number of rotatable bonds is 7. The first-order chi connectivity index (χ1) is 13.8. The van der Waals surface area contributed by atoms with Crippen molar-refractivity contribution in [1.82, 2.24) is 25.9 Å². The van der Waals surface area contributed by atoms with Crippen LogP contribution >= 0.6 is 0 Å². The van der Waals surface area contributed by atoms with Crippen LogP contribution in [0.15, 0.2) is 18.5 Å². The van der Waals surface area contributed by atoms with Gasteiger partial charge in [-0.05, 0) is 18.9 Å². The van der Waals surface area contributed by atoms with Crippen molar-refractivity contribution in [3.63, 3.8) is 0 Å². The van der Waals surface area contributed by atoms with Crippen LogP contribution in [0.25, 0.3) is 10.9 Å². The Balaban J connectivity index is 1.46. The topological polar surface area (TPSA) is 83.6 Å². The van der Waals surface area contributed by atoms with E-state index in [2.05, 4.69) is 30.8 Å². The van der Waals surface area contributed by atoms with Crippen LogP contribution in [0, 0.1) is 0 Å². The maximum atomic E-state index is 6.06. The Morgan fingerprint density at radius 1 is 1.07 bits per heavy atom. The molecule has 1 aromatic heterocycles. The highest BCUT2D eigenvalue weighted by Gasteiger charge is 2.18. The number of piperazine rings is 2. The summed E-state index contributed by atoms with van der Waals surface area (Å²) < 4.78 is 11.7. The first-order valence-corrected chi connectivity index (χ1v) is 10.2. The second kappa shape index (κ2) is 9.36. The molecule has 0 spiro atoms. The summed E-state index contributed by atoms with van der Waals surface area (Å²) in [7, 11) is 1.68. The molecule has 0 amide bonds. The number of aromatic nitrogens is 2. The molecule has 1 atom stereocenters. The molecule has 1 unspecified atom stereocenters. The van der Waals surface area contributed by atoms with Gasteiger partial charge in [-0.2, -0.15) is 0 Å². The zero-order valence-corrected chi connectivity index (χ0v) is 16.5. The van der Waals surface area contributed by atoms with Crippen LogP contribution < -0.4 is 30.3 Å². The minimum absolute atomic E-state index is 0.533. The fourth-order valence-electron chi connectivity index (χ4n) is 3.88. The third-order valence-corrected chi connectivity index (χ3v) is 5.40. The predicted octanol–water partition coefficient (Wildman–Crippen LogP) is 0.768. The third kappa shape index (κ3) is 4.45. The molecule has 28 heavy (non-hydrogen) atoms. The van der Waals surface area contributed by atoms with E-state index >= 15 is 0 Å². The SMILES string of the molecule is COc1cc2c(N3CCNCC3)ncnc2cc1OCCCC1CNCCN1. The van der Waals surface area contributed by atoms with Crippen LogP contribution in [0.2, 0.25) is 0 Å². The van der Waals surface area contributed by atoms with Crippen LogP contribution in [-0.2, 0) is 0 Å². The number of anilines is 1. The Morgan fingerprint density at radius 3 is 2.75 bits per heavy atom. The summed E-state index contributed by atoms with van der Waals surface area (Å²) in [5, 5.41) is 11.3. The molecule has 152 valence electrons. The van der Waals surface area contributed by atoms with E-state index in [1.165, 1.54) is 0 Å². The largest absolute Gasteiger partial charge is 0.493 e. The van der Waals surface area contributed by atoms with Crippen molar-refractivity contribution in [2.45, 2.75) is 18.9 Å². The lowest BCUT2D eigenvalue weighted by Crippen LogP contribution is -2.48. The molecule has 2 aliphatic rings. The van der Waals surface area contributed by atoms with Crippen molar-refractivity contribution >= 4 is 16.7 Å². The van der Waals surface area contributed by atoms with Crippen LogP contribution in [0.5, 0.6) is 11.5 Å². The van der Waals surface area contributed by atoms with Gasteiger partial charge in [-0.25, -0.2) is 9.97 Å². The van der Waals surface area contributed by atoms with Gasteiger partial charge in [-0.3, -0.25) is 0 Å². The Hall–Kier alpha value is -2.16. The highest BCUT2D eigenvalue weighted by Crippen LogP contribution is 2.35. The minimum Gasteiger partial charge on any atom is -0.493 e. The van der Waals surface area contributed by atoms with Gasteiger partial charge >= 0.3 is 0 Å². The van der Waals surface area contributed by atoms with Crippen molar-refractivity contribution in [2.24, 2.45) is 0 Å². The van der Waals surface area contributed by atoms with E-state index in [1.807, 2.05) is 12.1 Å². The summed E-state index contributed by atoms with van der Waals surface area (Å²) in [6, 6.07) is 4.52. The van der Waals surface area contributed by atoms with Gasteiger partial charge in [0.2, 0.25) is 0 Å². The summed E-state index contributed by atoms with van der Waals surface area (Å²) in [6.07, 6.45) is 3.73. The molecule has 1 aromatic carbocycles. The van der Waals surface area contributed by atoms with Crippen LogP contribution in [0.1, 0.15) is 12.8 Å². The lowest BCUT2D eigenvalue weighted by Gasteiger charge is -2.29. The average molecular weight is 387 g/mol. The van der Waals surface area contributed by atoms with Crippen molar-refractivity contribution in [1.29, 1.82) is 0 Å². The molecule has 8 nitrogen and oxygen atoms in total. The minimum atomic E-state index is 0.533. The van der Waals surface area contributed by atoms with Gasteiger partial charge < -0.3 is 30.3 Å². The fraction of sp³-hybridized carbons (Fsp3) is 0.600. The van der Waals surface area contributed by atoms with Crippen LogP contribution in [-0.4, -0.2) is 75.5 Å². The summed E-state index contributed by atoms with van der Waals surface area (Å²) in [4.78, 5) is 11.3. The predicted molar refractivity (Wildman–Crippen MR) is 111 cm³/mol. The third-order valence-electron chi connectivity index (χ3n) is 5.40. The van der Waals surface area contributed by atoms with Crippen molar-refractivity contribution in [3.8, 4) is 11.5 Å². The molecule has 2 aromatic rings. The number of ether oxygens (including phenoxy) is 2. The van der Waals surface area contributed by atoms with Crippen LogP contribution in [0.4, 0.5) is 5.82 Å². The molecule has 0 saturated carbocycles. The average Bonchev–Trinajstić information content (AvgIpc) is 2.77. The van der Waals surface area contributed by atoms with Crippen molar-refractivity contribution in [2.75, 3.05) is 64.4 Å². The van der Waals surface area contributed by atoms with E-state index in [9.17, 15) is 0 Å². The highest BCUT2D eigenvalue weighted by atomic mass is 16.5. The second-order valence-electron chi connectivity index (χ2n) is 7.30. The van der Waals surface area contributed by atoms with E-state index in [0.717, 1.165) is 86.9 Å². The summed E-state index contributed by atoms with van der Waals surface area (Å²) in [6.45, 7) is 7.61. The van der Waals surface area contributed by atoms with Crippen molar-refractivity contribution in [3.05, 3.63) is 18.5 Å². The van der Waals surface area contributed by atoms with E-state index in [-0.39, 0.29) is 0 Å². The van der Waals surface area contributed by atoms with Crippen molar-refractivity contribution < 1.29 is 9.47 Å². The van der Waals surface area contributed by atoms with E-state index < -0.39 is 0 Å². The monoisotopic (exact) mass is 386 g/mol. The van der Waals surface area contributed by atoms with E-state index in [4.69, 9.17) is 9.47 Å². The molecule has 3 N–H and O–H groups in total. The maximum absolute atomic E-state index is 6.06. The second-order valence-corrected chi connectivity index (χ2v) is 7.30. The lowest BCUT2D eigenvalue weighted by atomic mass is 10.1. The van der Waals surface area contributed by atoms with Gasteiger partial charge in [0.1, 0.15) is 12.1 Å². The molecular formula is C20H30N6O2. The quantitative estimate of drug-likeness (QED) is 0.602. The van der Waals surface area contributed by atoms with E-state index in [1.54, 1.807) is 13.4 Å². The first kappa shape index (κ1) is 19.2. The number of hydrogen-bond acceptors (Lipinski definition) is 8. The van der Waals surface area contributed by atoms with E-state index in [0.29, 0.717) is 12.6 Å².